The molecule has 1 aliphatic carbocycles. The number of hydrogen-bond acceptors (Lipinski definition) is 3. The molecule has 1 aromatic rings. The van der Waals surface area contributed by atoms with Gasteiger partial charge in [0.15, 0.2) is 0 Å². The molecule has 0 aromatic heterocycles. The highest BCUT2D eigenvalue weighted by Crippen LogP contribution is 2.43. The molecule has 4 nitrogen and oxygen atoms in total. The van der Waals surface area contributed by atoms with E-state index in [1.54, 1.807) is 30.0 Å². The van der Waals surface area contributed by atoms with Gasteiger partial charge in [0.2, 0.25) is 0 Å². The van der Waals surface area contributed by atoms with Gasteiger partial charge in [-0.3, -0.25) is 4.79 Å². The summed E-state index contributed by atoms with van der Waals surface area (Å²) in [4.78, 5) is 14.0. The van der Waals surface area contributed by atoms with E-state index < -0.39 is 0 Å². The Kier molecular flexibility index (Phi) is 2.38. The largest absolute Gasteiger partial charge is 0.507 e. The molecule has 1 heterocycles. The fourth-order valence-electron chi connectivity index (χ4n) is 2.73. The number of phenolic OH excluding ortho intramolecular Hbond substituents is 1. The monoisotopic (exact) mass is 246 g/mol. The predicted molar refractivity (Wildman–Crippen MR) is 68.4 cm³/mol. The Bertz CT molecular complexity index is 503. The van der Waals surface area contributed by atoms with Crippen molar-refractivity contribution in [1.82, 2.24) is 4.90 Å². The van der Waals surface area contributed by atoms with Crippen LogP contribution in [0.15, 0.2) is 18.2 Å². The van der Waals surface area contributed by atoms with Crippen molar-refractivity contribution < 1.29 is 9.90 Å². The van der Waals surface area contributed by atoms with Crippen LogP contribution in [-0.2, 0) is 0 Å². The number of hydrogen-bond donors (Lipinski definition) is 2. The lowest BCUT2D eigenvalue weighted by molar-refractivity contribution is 0.0348. The SMILES string of the molecule is Cc1cccc(C(=O)N2CC(N)(C3CC3)C2)c1O. The summed E-state index contributed by atoms with van der Waals surface area (Å²) >= 11 is 0. The molecule has 96 valence electrons. The highest BCUT2D eigenvalue weighted by molar-refractivity contribution is 5.97. The number of benzene rings is 1. The van der Waals surface area contributed by atoms with E-state index in [4.69, 9.17) is 5.73 Å². The van der Waals surface area contributed by atoms with Crippen LogP contribution in [0.25, 0.3) is 0 Å². The van der Waals surface area contributed by atoms with Crippen molar-refractivity contribution in [3.63, 3.8) is 0 Å². The van der Waals surface area contributed by atoms with Gasteiger partial charge < -0.3 is 15.7 Å². The number of carbonyl (C=O) groups is 1. The minimum absolute atomic E-state index is 0.0865. The van der Waals surface area contributed by atoms with Crippen LogP contribution in [0.2, 0.25) is 0 Å². The third-order valence-electron chi connectivity index (χ3n) is 4.12. The van der Waals surface area contributed by atoms with E-state index in [1.165, 1.54) is 12.8 Å². The summed E-state index contributed by atoms with van der Waals surface area (Å²) in [6, 6.07) is 5.25. The Balaban J connectivity index is 1.74. The number of nitrogens with zero attached hydrogens (tertiary/aromatic N) is 1. The summed E-state index contributed by atoms with van der Waals surface area (Å²) in [5.41, 5.74) is 7.16. The molecule has 0 unspecified atom stereocenters. The summed E-state index contributed by atoms with van der Waals surface area (Å²) in [6.45, 7) is 3.02. The third kappa shape index (κ3) is 1.68. The fraction of sp³-hybridized carbons (Fsp3) is 0.500. The zero-order chi connectivity index (χ0) is 12.9. The van der Waals surface area contributed by atoms with Crippen LogP contribution in [0.4, 0.5) is 0 Å². The maximum absolute atomic E-state index is 12.2. The molecule has 1 saturated heterocycles. The van der Waals surface area contributed by atoms with Gasteiger partial charge in [-0.25, -0.2) is 0 Å². The molecule has 18 heavy (non-hydrogen) atoms. The van der Waals surface area contributed by atoms with Gasteiger partial charge in [-0.15, -0.1) is 0 Å². The number of amides is 1. The molecule has 1 aromatic carbocycles. The molecule has 4 heteroatoms. The van der Waals surface area contributed by atoms with Gasteiger partial charge >= 0.3 is 0 Å². The Morgan fingerprint density at radius 2 is 2.11 bits per heavy atom. The molecule has 2 fully saturated rings. The van der Waals surface area contributed by atoms with Crippen molar-refractivity contribution in [2.75, 3.05) is 13.1 Å². The van der Waals surface area contributed by atoms with Gasteiger partial charge in [-0.1, -0.05) is 12.1 Å². The first-order chi connectivity index (χ1) is 8.51. The van der Waals surface area contributed by atoms with E-state index in [2.05, 4.69) is 0 Å². The van der Waals surface area contributed by atoms with Crippen LogP contribution in [0, 0.1) is 12.8 Å². The van der Waals surface area contributed by atoms with E-state index in [0.29, 0.717) is 24.6 Å². The van der Waals surface area contributed by atoms with Gasteiger partial charge in [0.1, 0.15) is 5.75 Å². The normalized spacial score (nSPS) is 21.6. The number of likely N-dealkylation sites (tertiary alicyclic amines) is 1. The molecule has 1 saturated carbocycles. The maximum Gasteiger partial charge on any atom is 0.257 e. The van der Waals surface area contributed by atoms with Crippen molar-refractivity contribution >= 4 is 5.91 Å². The number of nitrogens with two attached hydrogens (primary N) is 1. The molecule has 1 amide bonds. The quantitative estimate of drug-likeness (QED) is 0.825. The van der Waals surface area contributed by atoms with Crippen LogP contribution in [0.1, 0.15) is 28.8 Å². The van der Waals surface area contributed by atoms with Gasteiger partial charge in [0.25, 0.3) is 5.91 Å². The Labute approximate surface area is 106 Å². The zero-order valence-electron chi connectivity index (χ0n) is 10.5. The van der Waals surface area contributed by atoms with Gasteiger partial charge in [0, 0.05) is 13.1 Å². The van der Waals surface area contributed by atoms with E-state index >= 15 is 0 Å². The van der Waals surface area contributed by atoms with Crippen molar-refractivity contribution in [3.05, 3.63) is 29.3 Å². The van der Waals surface area contributed by atoms with Gasteiger partial charge in [-0.05, 0) is 37.3 Å². The number of rotatable bonds is 2. The van der Waals surface area contributed by atoms with Crippen molar-refractivity contribution in [2.24, 2.45) is 11.7 Å². The summed E-state index contributed by atoms with van der Waals surface area (Å²) in [7, 11) is 0. The molecule has 3 N–H and O–H groups in total. The lowest BCUT2D eigenvalue weighted by atomic mass is 9.85. The van der Waals surface area contributed by atoms with E-state index in [-0.39, 0.29) is 17.2 Å². The van der Waals surface area contributed by atoms with E-state index in [0.717, 1.165) is 5.56 Å². The first-order valence-electron chi connectivity index (χ1n) is 6.38. The molecular weight excluding hydrogens is 228 g/mol. The molecule has 0 radical (unpaired) electrons. The molecule has 0 atom stereocenters. The molecule has 0 spiro atoms. The fourth-order valence-corrected chi connectivity index (χ4v) is 2.73. The summed E-state index contributed by atoms with van der Waals surface area (Å²) < 4.78 is 0. The van der Waals surface area contributed by atoms with Crippen LogP contribution < -0.4 is 5.73 Å². The Morgan fingerprint density at radius 1 is 1.44 bits per heavy atom. The summed E-state index contributed by atoms with van der Waals surface area (Å²) in [5.74, 6) is 0.564. The average Bonchev–Trinajstić information content (AvgIpc) is 3.12. The molecular formula is C14H18N2O2. The third-order valence-corrected chi connectivity index (χ3v) is 4.12. The number of aryl methyl sites for hydroxylation is 1. The topological polar surface area (TPSA) is 66.6 Å². The second kappa shape index (κ2) is 3.72. The highest BCUT2D eigenvalue weighted by atomic mass is 16.3. The first kappa shape index (κ1) is 11.5. The van der Waals surface area contributed by atoms with Crippen molar-refractivity contribution in [3.8, 4) is 5.75 Å². The van der Waals surface area contributed by atoms with Gasteiger partial charge in [-0.2, -0.15) is 0 Å². The number of para-hydroxylation sites is 1. The van der Waals surface area contributed by atoms with Crippen molar-refractivity contribution in [2.45, 2.75) is 25.3 Å². The lowest BCUT2D eigenvalue weighted by Gasteiger charge is -2.48. The molecule has 0 bridgehead atoms. The lowest BCUT2D eigenvalue weighted by Crippen LogP contribution is -2.69. The van der Waals surface area contributed by atoms with E-state index in [9.17, 15) is 9.90 Å². The average molecular weight is 246 g/mol. The molecule has 3 rings (SSSR count). The summed E-state index contributed by atoms with van der Waals surface area (Å²) in [5, 5.41) is 9.91. The zero-order valence-corrected chi connectivity index (χ0v) is 10.5. The van der Waals surface area contributed by atoms with Crippen LogP contribution in [0.5, 0.6) is 5.75 Å². The second-order valence-electron chi connectivity index (χ2n) is 5.64. The standard InChI is InChI=1S/C14H18N2O2/c1-9-3-2-4-11(12(9)17)13(18)16-7-14(15,8-16)10-5-6-10/h2-4,10,17H,5-8,15H2,1H3. The van der Waals surface area contributed by atoms with Crippen molar-refractivity contribution in [1.29, 1.82) is 0 Å². The minimum Gasteiger partial charge on any atom is -0.507 e. The predicted octanol–water partition coefficient (Wildman–Crippen LogP) is 1.26. The van der Waals surface area contributed by atoms with Crippen LogP contribution in [0.3, 0.4) is 0 Å². The highest BCUT2D eigenvalue weighted by Gasteiger charge is 2.51. The number of phenols is 1. The van der Waals surface area contributed by atoms with Gasteiger partial charge in [0.05, 0.1) is 11.1 Å². The smallest absolute Gasteiger partial charge is 0.257 e. The Morgan fingerprint density at radius 3 is 2.72 bits per heavy atom. The van der Waals surface area contributed by atoms with E-state index in [1.807, 2.05) is 0 Å². The van der Waals surface area contributed by atoms with Crippen LogP contribution >= 0.6 is 0 Å². The maximum atomic E-state index is 12.2. The molecule has 1 aliphatic heterocycles. The molecule has 2 aliphatic rings. The number of aromatic hydroxyl groups is 1. The number of carbonyl (C=O) groups excluding carboxylic acids is 1. The first-order valence-corrected chi connectivity index (χ1v) is 6.38. The second-order valence-corrected chi connectivity index (χ2v) is 5.64. The Hall–Kier alpha value is -1.55. The van der Waals surface area contributed by atoms with Crippen LogP contribution in [-0.4, -0.2) is 34.5 Å². The minimum atomic E-state index is -0.172. The summed E-state index contributed by atoms with van der Waals surface area (Å²) in [6.07, 6.45) is 2.38.